The van der Waals surface area contributed by atoms with Gasteiger partial charge < -0.3 is 14.6 Å². The first kappa shape index (κ1) is 13.8. The smallest absolute Gasteiger partial charge is 0.277 e. The second kappa shape index (κ2) is 5.31. The molecule has 0 saturated heterocycles. The van der Waals surface area contributed by atoms with Gasteiger partial charge in [-0.25, -0.2) is 0 Å². The maximum absolute atomic E-state index is 11.1. The van der Waals surface area contributed by atoms with Crippen LogP contribution in [-0.4, -0.2) is 35.5 Å². The number of rotatable bonds is 4. The third kappa shape index (κ3) is 2.32. The number of aliphatic hydroxyl groups excluding tert-OH is 1. The van der Waals surface area contributed by atoms with Gasteiger partial charge in [-0.2, -0.15) is 0 Å². The number of nitro benzene ring substituents is 1. The van der Waals surface area contributed by atoms with Crippen molar-refractivity contribution in [2.75, 3.05) is 7.11 Å². The number of aliphatic hydroxyl groups is 1. The molecule has 1 aliphatic rings. The predicted molar refractivity (Wildman–Crippen MR) is 76.4 cm³/mol. The van der Waals surface area contributed by atoms with Crippen LogP contribution in [0.4, 0.5) is 5.69 Å². The minimum atomic E-state index is -0.524. The summed E-state index contributed by atoms with van der Waals surface area (Å²) in [6, 6.07) is 10.1. The van der Waals surface area contributed by atoms with Crippen molar-refractivity contribution in [3.63, 3.8) is 0 Å². The highest BCUT2D eigenvalue weighted by Crippen LogP contribution is 2.36. The molecule has 0 bridgehead atoms. The Balaban J connectivity index is 1.97. The second-order valence-electron chi connectivity index (χ2n) is 5.05. The number of benzene rings is 2. The van der Waals surface area contributed by atoms with Crippen LogP contribution in [0, 0.1) is 10.1 Å². The summed E-state index contributed by atoms with van der Waals surface area (Å²) in [4.78, 5) is 10.7. The molecule has 0 aliphatic heterocycles. The average Bonchev–Trinajstić information content (AvgIpc) is 2.46. The highest BCUT2D eigenvalue weighted by Gasteiger charge is 2.42. The van der Waals surface area contributed by atoms with Crippen LogP contribution in [0.3, 0.4) is 0 Å². The summed E-state index contributed by atoms with van der Waals surface area (Å²) in [5.41, 5.74) is 0.0508. The third-order valence-electron chi connectivity index (χ3n) is 3.83. The van der Waals surface area contributed by atoms with Crippen LogP contribution in [0.1, 0.15) is 6.42 Å². The van der Waals surface area contributed by atoms with E-state index in [2.05, 4.69) is 0 Å². The van der Waals surface area contributed by atoms with Gasteiger partial charge in [0.2, 0.25) is 0 Å². The second-order valence-corrected chi connectivity index (χ2v) is 5.05. The number of nitro groups is 1. The van der Waals surface area contributed by atoms with E-state index in [1.54, 1.807) is 24.3 Å². The molecule has 0 radical (unpaired) electrons. The van der Waals surface area contributed by atoms with Gasteiger partial charge in [0, 0.05) is 25.0 Å². The molecule has 1 fully saturated rings. The zero-order valence-electron chi connectivity index (χ0n) is 11.4. The highest BCUT2D eigenvalue weighted by atomic mass is 16.6. The number of non-ortho nitro benzene ring substituents is 1. The standard InChI is InChI=1S/C15H15NO5/c1-20-15-12(17)8-14(15)21-13-7-6-11(16(18)19)9-4-2-3-5-10(9)13/h2-7,12,14-15,17H,8H2,1H3. The lowest BCUT2D eigenvalue weighted by Gasteiger charge is -2.40. The zero-order chi connectivity index (χ0) is 15.0. The van der Waals surface area contributed by atoms with E-state index in [1.165, 1.54) is 13.2 Å². The summed E-state index contributed by atoms with van der Waals surface area (Å²) in [6.45, 7) is 0. The Bertz CT molecular complexity index is 687. The molecule has 2 aromatic carbocycles. The Kier molecular flexibility index (Phi) is 3.48. The number of methoxy groups -OCH3 is 1. The van der Waals surface area contributed by atoms with Crippen LogP contribution in [-0.2, 0) is 4.74 Å². The van der Waals surface area contributed by atoms with Crippen molar-refractivity contribution in [3.8, 4) is 5.75 Å². The molecule has 6 nitrogen and oxygen atoms in total. The first-order valence-corrected chi connectivity index (χ1v) is 6.65. The van der Waals surface area contributed by atoms with E-state index in [9.17, 15) is 15.2 Å². The molecular weight excluding hydrogens is 274 g/mol. The molecule has 0 aromatic heterocycles. The normalized spacial score (nSPS) is 24.6. The molecule has 0 amide bonds. The van der Waals surface area contributed by atoms with Gasteiger partial charge in [0.1, 0.15) is 18.0 Å². The third-order valence-corrected chi connectivity index (χ3v) is 3.83. The molecule has 3 unspecified atom stereocenters. The van der Waals surface area contributed by atoms with E-state index in [1.807, 2.05) is 6.07 Å². The lowest BCUT2D eigenvalue weighted by atomic mass is 9.88. The zero-order valence-corrected chi connectivity index (χ0v) is 11.4. The van der Waals surface area contributed by atoms with Gasteiger partial charge in [0.15, 0.2) is 0 Å². The molecule has 21 heavy (non-hydrogen) atoms. The van der Waals surface area contributed by atoms with Crippen LogP contribution in [0.2, 0.25) is 0 Å². The Morgan fingerprint density at radius 3 is 2.57 bits per heavy atom. The fraction of sp³-hybridized carbons (Fsp3) is 0.333. The van der Waals surface area contributed by atoms with Crippen molar-refractivity contribution < 1.29 is 19.5 Å². The fourth-order valence-corrected chi connectivity index (χ4v) is 2.66. The van der Waals surface area contributed by atoms with Crippen molar-refractivity contribution in [2.24, 2.45) is 0 Å². The quantitative estimate of drug-likeness (QED) is 0.689. The van der Waals surface area contributed by atoms with Gasteiger partial charge in [0.05, 0.1) is 16.4 Å². The van der Waals surface area contributed by atoms with E-state index in [0.717, 1.165) is 0 Å². The summed E-state index contributed by atoms with van der Waals surface area (Å²) in [6.07, 6.45) is -0.637. The molecular formula is C15H15NO5. The molecule has 1 saturated carbocycles. The molecule has 0 spiro atoms. The Morgan fingerprint density at radius 2 is 1.95 bits per heavy atom. The largest absolute Gasteiger partial charge is 0.487 e. The molecule has 3 rings (SSSR count). The van der Waals surface area contributed by atoms with Gasteiger partial charge in [0.25, 0.3) is 5.69 Å². The Morgan fingerprint density at radius 1 is 1.24 bits per heavy atom. The summed E-state index contributed by atoms with van der Waals surface area (Å²) >= 11 is 0. The average molecular weight is 289 g/mol. The van der Waals surface area contributed by atoms with Crippen molar-refractivity contribution in [3.05, 3.63) is 46.5 Å². The van der Waals surface area contributed by atoms with Gasteiger partial charge in [-0.15, -0.1) is 0 Å². The van der Waals surface area contributed by atoms with Crippen LogP contribution in [0.25, 0.3) is 10.8 Å². The number of ether oxygens (including phenoxy) is 2. The SMILES string of the molecule is COC1C(O)CC1Oc1ccc([N+](=O)[O-])c2ccccc12. The van der Waals surface area contributed by atoms with Crippen molar-refractivity contribution >= 4 is 16.5 Å². The summed E-state index contributed by atoms with van der Waals surface area (Å²) < 4.78 is 11.0. The maximum Gasteiger partial charge on any atom is 0.277 e. The Hall–Kier alpha value is -2.18. The number of hydrogen-bond acceptors (Lipinski definition) is 5. The molecule has 6 heteroatoms. The predicted octanol–water partition coefficient (Wildman–Crippen LogP) is 2.28. The van der Waals surface area contributed by atoms with Crippen molar-refractivity contribution in [1.82, 2.24) is 0 Å². The van der Waals surface area contributed by atoms with Crippen molar-refractivity contribution in [2.45, 2.75) is 24.7 Å². The van der Waals surface area contributed by atoms with Crippen LogP contribution in [0.5, 0.6) is 5.75 Å². The lowest BCUT2D eigenvalue weighted by Crippen LogP contribution is -2.54. The molecule has 3 atom stereocenters. The molecule has 0 heterocycles. The molecule has 110 valence electrons. The lowest BCUT2D eigenvalue weighted by molar-refractivity contribution is -0.383. The summed E-state index contributed by atoms with van der Waals surface area (Å²) in [5.74, 6) is 0.565. The maximum atomic E-state index is 11.1. The summed E-state index contributed by atoms with van der Waals surface area (Å²) in [5, 5.41) is 21.9. The van der Waals surface area contributed by atoms with Crippen LogP contribution >= 0.6 is 0 Å². The van der Waals surface area contributed by atoms with Crippen LogP contribution < -0.4 is 4.74 Å². The minimum absolute atomic E-state index is 0.0508. The topological polar surface area (TPSA) is 81.8 Å². The molecule has 1 aliphatic carbocycles. The van der Waals surface area contributed by atoms with Gasteiger partial charge >= 0.3 is 0 Å². The number of fused-ring (bicyclic) bond motifs is 1. The monoisotopic (exact) mass is 289 g/mol. The van der Waals surface area contributed by atoms with Gasteiger partial charge in [-0.1, -0.05) is 18.2 Å². The molecule has 1 N–H and O–H groups in total. The number of nitrogens with zero attached hydrogens (tertiary/aromatic N) is 1. The highest BCUT2D eigenvalue weighted by molar-refractivity contribution is 5.95. The number of hydrogen-bond donors (Lipinski definition) is 1. The Labute approximate surface area is 121 Å². The fourth-order valence-electron chi connectivity index (χ4n) is 2.66. The first-order valence-electron chi connectivity index (χ1n) is 6.65. The van der Waals surface area contributed by atoms with E-state index >= 15 is 0 Å². The van der Waals surface area contributed by atoms with Gasteiger partial charge in [-0.3, -0.25) is 10.1 Å². The first-order chi connectivity index (χ1) is 10.1. The van der Waals surface area contributed by atoms with Crippen LogP contribution in [0.15, 0.2) is 36.4 Å². The van der Waals surface area contributed by atoms with E-state index < -0.39 is 11.0 Å². The van der Waals surface area contributed by atoms with Crippen molar-refractivity contribution in [1.29, 1.82) is 0 Å². The van der Waals surface area contributed by atoms with Gasteiger partial charge in [-0.05, 0) is 12.1 Å². The summed E-state index contributed by atoms with van der Waals surface area (Å²) in [7, 11) is 1.53. The molecule has 2 aromatic rings. The van der Waals surface area contributed by atoms with E-state index in [4.69, 9.17) is 9.47 Å². The minimum Gasteiger partial charge on any atom is -0.487 e. The van der Waals surface area contributed by atoms with E-state index in [0.29, 0.717) is 22.9 Å². The van der Waals surface area contributed by atoms with E-state index in [-0.39, 0.29) is 17.9 Å².